The van der Waals surface area contributed by atoms with Crippen LogP contribution >= 0.6 is 15.9 Å². The lowest BCUT2D eigenvalue weighted by atomic mass is 10.1. The summed E-state index contributed by atoms with van der Waals surface area (Å²) in [5.41, 5.74) is 8.84. The van der Waals surface area contributed by atoms with Crippen LogP contribution in [0.15, 0.2) is 28.9 Å². The largest absolute Gasteiger partial charge is 0.368 e. The third-order valence-electron chi connectivity index (χ3n) is 2.69. The predicted octanol–water partition coefficient (Wildman–Crippen LogP) is 3.44. The van der Waals surface area contributed by atoms with Crippen LogP contribution < -0.4 is 11.1 Å². The van der Waals surface area contributed by atoms with Crippen LogP contribution in [0.25, 0.3) is 0 Å². The second-order valence-corrected chi connectivity index (χ2v) is 4.96. The summed E-state index contributed by atoms with van der Waals surface area (Å²) in [7, 11) is 0. The van der Waals surface area contributed by atoms with Gasteiger partial charge in [0, 0.05) is 21.9 Å². The van der Waals surface area contributed by atoms with E-state index in [1.165, 1.54) is 5.56 Å². The number of hydrogen-bond donors (Lipinski definition) is 2. The maximum Gasteiger partial charge on any atom is 0.221 e. The number of hydrogen-bond acceptors (Lipinski definition) is 4. The molecule has 1 aromatic carbocycles. The third-order valence-corrected chi connectivity index (χ3v) is 3.18. The number of nitrogens with zero attached hydrogens (tertiary/aromatic N) is 2. The van der Waals surface area contributed by atoms with Gasteiger partial charge in [0.05, 0.1) is 0 Å². The highest BCUT2D eigenvalue weighted by atomic mass is 79.9. The van der Waals surface area contributed by atoms with Gasteiger partial charge in [0.25, 0.3) is 0 Å². The Morgan fingerprint density at radius 3 is 2.89 bits per heavy atom. The molecule has 2 rings (SSSR count). The molecule has 0 amide bonds. The summed E-state index contributed by atoms with van der Waals surface area (Å²) >= 11 is 3.48. The number of halogens is 1. The van der Waals surface area contributed by atoms with Gasteiger partial charge in [-0.15, -0.1) is 0 Å². The van der Waals surface area contributed by atoms with Gasteiger partial charge in [-0.3, -0.25) is 0 Å². The van der Waals surface area contributed by atoms with Crippen LogP contribution in [0.3, 0.4) is 0 Å². The van der Waals surface area contributed by atoms with Gasteiger partial charge < -0.3 is 11.1 Å². The van der Waals surface area contributed by atoms with Crippen LogP contribution in [0.2, 0.25) is 0 Å². The molecule has 0 spiro atoms. The molecule has 0 saturated heterocycles. The number of nitrogens with one attached hydrogen (secondary N) is 1. The van der Waals surface area contributed by atoms with Gasteiger partial charge in [0.15, 0.2) is 0 Å². The van der Waals surface area contributed by atoms with Gasteiger partial charge in [0.2, 0.25) is 5.95 Å². The lowest BCUT2D eigenvalue weighted by Gasteiger charge is -2.12. The molecule has 2 aromatic rings. The summed E-state index contributed by atoms with van der Waals surface area (Å²) < 4.78 is 1.07. The van der Waals surface area contributed by atoms with E-state index in [-0.39, 0.29) is 5.95 Å². The smallest absolute Gasteiger partial charge is 0.221 e. The first-order valence-electron chi connectivity index (χ1n) is 5.74. The molecule has 94 valence electrons. The number of nitrogen functional groups attached to an aromatic ring is 1. The molecule has 0 aliphatic heterocycles. The van der Waals surface area contributed by atoms with Crippen molar-refractivity contribution in [2.45, 2.75) is 20.3 Å². The standard InChI is InChI=1S/C13H15BrN4/c1-3-9-6-10(14)4-5-11(9)17-12-8(2)7-16-13(15)18-12/h4-7H,3H2,1-2H3,(H3,15,16,17,18). The highest BCUT2D eigenvalue weighted by Gasteiger charge is 2.06. The maximum absolute atomic E-state index is 5.61. The molecule has 0 aliphatic rings. The molecule has 0 bridgehead atoms. The molecule has 0 unspecified atom stereocenters. The Morgan fingerprint density at radius 2 is 2.17 bits per heavy atom. The van der Waals surface area contributed by atoms with E-state index in [4.69, 9.17) is 5.73 Å². The van der Waals surface area contributed by atoms with Crippen LogP contribution in [0.4, 0.5) is 17.5 Å². The molecule has 3 N–H and O–H groups in total. The highest BCUT2D eigenvalue weighted by Crippen LogP contribution is 2.25. The molecule has 0 atom stereocenters. The van der Waals surface area contributed by atoms with E-state index in [0.717, 1.165) is 28.0 Å². The van der Waals surface area contributed by atoms with E-state index in [2.05, 4.69) is 44.2 Å². The number of nitrogens with two attached hydrogens (primary N) is 1. The van der Waals surface area contributed by atoms with Crippen LogP contribution in [0.5, 0.6) is 0 Å². The Kier molecular flexibility index (Phi) is 3.81. The summed E-state index contributed by atoms with van der Waals surface area (Å²) in [6.07, 6.45) is 2.66. The number of aryl methyl sites for hydroxylation is 2. The maximum atomic E-state index is 5.61. The first-order chi connectivity index (χ1) is 8.60. The molecule has 1 heterocycles. The average molecular weight is 307 g/mol. The Balaban J connectivity index is 2.36. The van der Waals surface area contributed by atoms with E-state index in [9.17, 15) is 0 Å². The summed E-state index contributed by atoms with van der Waals surface area (Å²) in [4.78, 5) is 8.17. The Labute approximate surface area is 115 Å². The summed E-state index contributed by atoms with van der Waals surface area (Å²) in [6, 6.07) is 6.13. The molecule has 5 heteroatoms. The second kappa shape index (κ2) is 5.35. The van der Waals surface area contributed by atoms with E-state index < -0.39 is 0 Å². The van der Waals surface area contributed by atoms with Gasteiger partial charge in [-0.2, -0.15) is 4.98 Å². The lowest BCUT2D eigenvalue weighted by Crippen LogP contribution is -2.03. The molecular formula is C13H15BrN4. The highest BCUT2D eigenvalue weighted by molar-refractivity contribution is 9.10. The minimum atomic E-state index is 0.276. The number of aromatic nitrogens is 2. The van der Waals surface area contributed by atoms with Crippen molar-refractivity contribution in [1.82, 2.24) is 9.97 Å². The van der Waals surface area contributed by atoms with Gasteiger partial charge in [-0.1, -0.05) is 22.9 Å². The molecule has 1 aromatic heterocycles. The zero-order valence-corrected chi connectivity index (χ0v) is 12.0. The first-order valence-corrected chi connectivity index (χ1v) is 6.54. The number of benzene rings is 1. The van der Waals surface area contributed by atoms with Gasteiger partial charge >= 0.3 is 0 Å². The molecule has 18 heavy (non-hydrogen) atoms. The van der Waals surface area contributed by atoms with Crippen molar-refractivity contribution in [3.8, 4) is 0 Å². The molecular weight excluding hydrogens is 292 g/mol. The first kappa shape index (κ1) is 12.8. The van der Waals surface area contributed by atoms with Crippen molar-refractivity contribution in [2.75, 3.05) is 11.1 Å². The van der Waals surface area contributed by atoms with Crippen molar-refractivity contribution >= 4 is 33.4 Å². The molecule has 0 radical (unpaired) electrons. The normalized spacial score (nSPS) is 10.4. The van der Waals surface area contributed by atoms with E-state index >= 15 is 0 Å². The predicted molar refractivity (Wildman–Crippen MR) is 78.0 cm³/mol. The average Bonchev–Trinajstić information content (AvgIpc) is 2.36. The zero-order valence-electron chi connectivity index (χ0n) is 10.4. The fourth-order valence-electron chi connectivity index (χ4n) is 1.69. The molecule has 4 nitrogen and oxygen atoms in total. The molecule has 0 aliphatic carbocycles. The van der Waals surface area contributed by atoms with Crippen molar-refractivity contribution in [3.63, 3.8) is 0 Å². The minimum absolute atomic E-state index is 0.276. The Hall–Kier alpha value is -1.62. The van der Waals surface area contributed by atoms with Crippen molar-refractivity contribution in [3.05, 3.63) is 40.0 Å². The minimum Gasteiger partial charge on any atom is -0.368 e. The summed E-state index contributed by atoms with van der Waals surface area (Å²) in [5, 5.41) is 3.31. The fraction of sp³-hybridized carbons (Fsp3) is 0.231. The topological polar surface area (TPSA) is 63.8 Å². The van der Waals surface area contributed by atoms with E-state index in [1.807, 2.05) is 19.1 Å². The lowest BCUT2D eigenvalue weighted by molar-refractivity contribution is 1.12. The van der Waals surface area contributed by atoms with Crippen LogP contribution in [0, 0.1) is 6.92 Å². The SMILES string of the molecule is CCc1cc(Br)ccc1Nc1nc(N)ncc1C. The third kappa shape index (κ3) is 2.79. The van der Waals surface area contributed by atoms with Gasteiger partial charge in [-0.05, 0) is 37.1 Å². The summed E-state index contributed by atoms with van der Waals surface area (Å²) in [6.45, 7) is 4.07. The van der Waals surface area contributed by atoms with E-state index in [0.29, 0.717) is 0 Å². The van der Waals surface area contributed by atoms with Crippen molar-refractivity contribution < 1.29 is 0 Å². The van der Waals surface area contributed by atoms with Crippen molar-refractivity contribution in [1.29, 1.82) is 0 Å². The molecule has 0 saturated carbocycles. The number of rotatable bonds is 3. The van der Waals surface area contributed by atoms with Crippen LogP contribution in [-0.4, -0.2) is 9.97 Å². The van der Waals surface area contributed by atoms with Crippen LogP contribution in [-0.2, 0) is 6.42 Å². The van der Waals surface area contributed by atoms with Crippen LogP contribution in [0.1, 0.15) is 18.1 Å². The molecule has 0 fully saturated rings. The van der Waals surface area contributed by atoms with E-state index in [1.54, 1.807) is 6.20 Å². The van der Waals surface area contributed by atoms with Gasteiger partial charge in [-0.25, -0.2) is 4.98 Å². The Morgan fingerprint density at radius 1 is 1.39 bits per heavy atom. The zero-order chi connectivity index (χ0) is 13.1. The quantitative estimate of drug-likeness (QED) is 0.912. The second-order valence-electron chi connectivity index (χ2n) is 4.04. The monoisotopic (exact) mass is 306 g/mol. The Bertz CT molecular complexity index is 569. The van der Waals surface area contributed by atoms with Crippen molar-refractivity contribution in [2.24, 2.45) is 0 Å². The fourth-order valence-corrected chi connectivity index (χ4v) is 2.10. The number of anilines is 3. The van der Waals surface area contributed by atoms with Gasteiger partial charge in [0.1, 0.15) is 5.82 Å². The summed E-state index contributed by atoms with van der Waals surface area (Å²) in [5.74, 6) is 1.03.